The molecule has 0 atom stereocenters. The van der Waals surface area contributed by atoms with Gasteiger partial charge >= 0.3 is 0 Å². The predicted octanol–water partition coefficient (Wildman–Crippen LogP) is 0.581. The third-order valence-electron chi connectivity index (χ3n) is 2.82. The Labute approximate surface area is 125 Å². The van der Waals surface area contributed by atoms with Crippen molar-refractivity contribution in [1.29, 1.82) is 0 Å². The minimum absolute atomic E-state index is 0.0360. The summed E-state index contributed by atoms with van der Waals surface area (Å²) in [7, 11) is 4.90. The van der Waals surface area contributed by atoms with E-state index >= 15 is 0 Å². The zero-order chi connectivity index (χ0) is 15.8. The highest BCUT2D eigenvalue weighted by molar-refractivity contribution is 5.96. The van der Waals surface area contributed by atoms with Gasteiger partial charge in [0.1, 0.15) is 0 Å². The molecular weight excluding hydrogens is 268 g/mol. The van der Waals surface area contributed by atoms with E-state index in [0.29, 0.717) is 12.0 Å². The van der Waals surface area contributed by atoms with Gasteiger partial charge in [-0.05, 0) is 24.3 Å². The molecule has 0 fully saturated rings. The largest absolute Gasteiger partial charge is 0.395 e. The zero-order valence-electron chi connectivity index (χ0n) is 12.6. The minimum Gasteiger partial charge on any atom is -0.395 e. The number of nitrogens with zero attached hydrogens (tertiary/aromatic N) is 2. The second kappa shape index (κ2) is 8.08. The molecule has 112 valence electrons. The number of hydrogen-bond donors (Lipinski definition) is 1. The van der Waals surface area contributed by atoms with Crippen molar-refractivity contribution in [3.63, 3.8) is 0 Å². The Morgan fingerprint density at radius 1 is 1.14 bits per heavy atom. The van der Waals surface area contributed by atoms with E-state index in [1.165, 1.54) is 9.80 Å². The molecule has 0 heterocycles. The summed E-state index contributed by atoms with van der Waals surface area (Å²) in [6, 6.07) is 6.86. The molecule has 0 radical (unpaired) electrons. The van der Waals surface area contributed by atoms with Crippen molar-refractivity contribution in [3.8, 4) is 11.8 Å². The summed E-state index contributed by atoms with van der Waals surface area (Å²) in [4.78, 5) is 26.6. The lowest BCUT2D eigenvalue weighted by molar-refractivity contribution is -0.129. The third-order valence-corrected chi connectivity index (χ3v) is 2.82. The van der Waals surface area contributed by atoms with Gasteiger partial charge < -0.3 is 14.9 Å². The van der Waals surface area contributed by atoms with Gasteiger partial charge in [-0.2, -0.15) is 0 Å². The Hall–Kier alpha value is -2.32. The summed E-state index contributed by atoms with van der Waals surface area (Å²) in [5, 5.41) is 8.65. The van der Waals surface area contributed by atoms with Gasteiger partial charge in [0.2, 0.25) is 5.91 Å². The van der Waals surface area contributed by atoms with Gasteiger partial charge in [-0.3, -0.25) is 9.59 Å². The van der Waals surface area contributed by atoms with Crippen molar-refractivity contribution < 1.29 is 14.7 Å². The first-order valence-electron chi connectivity index (χ1n) is 6.61. The Kier molecular flexibility index (Phi) is 6.44. The Morgan fingerprint density at radius 3 is 2.29 bits per heavy atom. The smallest absolute Gasteiger partial charge is 0.254 e. The van der Waals surface area contributed by atoms with E-state index in [-0.39, 0.29) is 25.0 Å². The average Bonchev–Trinajstić information content (AvgIpc) is 2.47. The normalized spacial score (nSPS) is 9.52. The van der Waals surface area contributed by atoms with Crippen molar-refractivity contribution >= 4 is 11.8 Å². The summed E-state index contributed by atoms with van der Waals surface area (Å²) in [5.74, 6) is 5.37. The molecule has 5 nitrogen and oxygen atoms in total. The molecule has 0 saturated heterocycles. The Morgan fingerprint density at radius 2 is 1.76 bits per heavy atom. The molecule has 2 amide bonds. The topological polar surface area (TPSA) is 60.9 Å². The van der Waals surface area contributed by atoms with Crippen LogP contribution in [-0.4, -0.2) is 61.0 Å². The monoisotopic (exact) mass is 288 g/mol. The maximum absolute atomic E-state index is 12.2. The van der Waals surface area contributed by atoms with Crippen LogP contribution in [0.5, 0.6) is 0 Å². The molecule has 0 saturated carbocycles. The summed E-state index contributed by atoms with van der Waals surface area (Å²) in [6.45, 7) is 0.0815. The van der Waals surface area contributed by atoms with Crippen LogP contribution in [0.2, 0.25) is 0 Å². The number of carbonyl (C=O) groups excluding carboxylic acids is 2. The molecule has 21 heavy (non-hydrogen) atoms. The van der Waals surface area contributed by atoms with E-state index in [1.807, 2.05) is 0 Å². The highest BCUT2D eigenvalue weighted by atomic mass is 16.2. The molecule has 1 N–H and O–H groups in total. The lowest BCUT2D eigenvalue weighted by atomic mass is 10.1. The van der Waals surface area contributed by atoms with Gasteiger partial charge in [0, 0.05) is 38.7 Å². The third kappa shape index (κ3) is 5.28. The average molecular weight is 288 g/mol. The van der Waals surface area contributed by atoms with E-state index < -0.39 is 0 Å². The van der Waals surface area contributed by atoms with Crippen LogP contribution in [0.1, 0.15) is 22.3 Å². The van der Waals surface area contributed by atoms with Gasteiger partial charge in [-0.15, -0.1) is 0 Å². The lowest BCUT2D eigenvalue weighted by Crippen LogP contribution is -2.37. The molecule has 1 rings (SSSR count). The number of rotatable bonds is 4. The number of likely N-dealkylation sites (N-methyl/N-ethyl adjacent to an activating group) is 2. The molecule has 0 bridgehead atoms. The fourth-order valence-corrected chi connectivity index (χ4v) is 1.55. The van der Waals surface area contributed by atoms with E-state index in [4.69, 9.17) is 5.11 Å². The molecule has 1 aromatic carbocycles. The van der Waals surface area contributed by atoms with Crippen LogP contribution in [0.25, 0.3) is 0 Å². The molecule has 1 aromatic rings. The molecule has 0 aliphatic carbocycles. The van der Waals surface area contributed by atoms with Crippen LogP contribution < -0.4 is 0 Å². The summed E-state index contributed by atoms with van der Waals surface area (Å²) >= 11 is 0. The highest BCUT2D eigenvalue weighted by Gasteiger charge is 2.15. The standard InChI is InChI=1S/C16H20N2O3/c1-17(2)15(20)12-18(3)16(21)14-9-7-13(8-10-14)6-4-5-11-19/h7-10,19H,5,11-12H2,1-3H3. The number of aliphatic hydroxyl groups is 1. The van der Waals surface area contributed by atoms with Crippen LogP contribution in [0, 0.1) is 11.8 Å². The zero-order valence-corrected chi connectivity index (χ0v) is 12.6. The summed E-state index contributed by atoms with van der Waals surface area (Å²) in [5.41, 5.74) is 1.30. The molecular formula is C16H20N2O3. The molecule has 0 unspecified atom stereocenters. The van der Waals surface area contributed by atoms with E-state index in [1.54, 1.807) is 45.4 Å². The predicted molar refractivity (Wildman–Crippen MR) is 80.7 cm³/mol. The van der Waals surface area contributed by atoms with Gasteiger partial charge in [-0.1, -0.05) is 11.8 Å². The van der Waals surface area contributed by atoms with E-state index in [0.717, 1.165) is 5.56 Å². The summed E-state index contributed by atoms with van der Waals surface area (Å²) < 4.78 is 0. The van der Waals surface area contributed by atoms with Crippen LogP contribution in [0.3, 0.4) is 0 Å². The lowest BCUT2D eigenvalue weighted by Gasteiger charge is -2.19. The summed E-state index contributed by atoms with van der Waals surface area (Å²) in [6.07, 6.45) is 0.427. The molecule has 0 aliphatic rings. The first-order valence-corrected chi connectivity index (χ1v) is 6.61. The quantitative estimate of drug-likeness (QED) is 0.825. The molecule has 0 aromatic heterocycles. The number of aliphatic hydroxyl groups excluding tert-OH is 1. The van der Waals surface area contributed by atoms with Crippen molar-refractivity contribution in [2.24, 2.45) is 0 Å². The molecule has 5 heteroatoms. The number of benzene rings is 1. The highest BCUT2D eigenvalue weighted by Crippen LogP contribution is 2.06. The first-order chi connectivity index (χ1) is 9.95. The van der Waals surface area contributed by atoms with E-state index in [9.17, 15) is 9.59 Å². The van der Waals surface area contributed by atoms with Crippen LogP contribution >= 0.6 is 0 Å². The van der Waals surface area contributed by atoms with Crippen molar-refractivity contribution in [2.75, 3.05) is 34.3 Å². The fourth-order valence-electron chi connectivity index (χ4n) is 1.55. The van der Waals surface area contributed by atoms with Gasteiger partial charge in [0.05, 0.1) is 13.2 Å². The minimum atomic E-state index is -0.208. The maximum atomic E-state index is 12.2. The fraction of sp³-hybridized carbons (Fsp3) is 0.375. The van der Waals surface area contributed by atoms with Crippen molar-refractivity contribution in [1.82, 2.24) is 9.80 Å². The first kappa shape index (κ1) is 16.7. The van der Waals surface area contributed by atoms with E-state index in [2.05, 4.69) is 11.8 Å². The van der Waals surface area contributed by atoms with Gasteiger partial charge in [-0.25, -0.2) is 0 Å². The second-order valence-electron chi connectivity index (χ2n) is 4.80. The van der Waals surface area contributed by atoms with Crippen molar-refractivity contribution in [3.05, 3.63) is 35.4 Å². The van der Waals surface area contributed by atoms with Crippen molar-refractivity contribution in [2.45, 2.75) is 6.42 Å². The molecule has 0 spiro atoms. The van der Waals surface area contributed by atoms with Gasteiger partial charge in [0.15, 0.2) is 0 Å². The number of carbonyl (C=O) groups is 2. The number of amides is 2. The van der Waals surface area contributed by atoms with Crippen LogP contribution in [-0.2, 0) is 4.79 Å². The Bertz CT molecular complexity index is 553. The molecule has 0 aliphatic heterocycles. The van der Waals surface area contributed by atoms with Crippen LogP contribution in [0.4, 0.5) is 0 Å². The number of hydrogen-bond acceptors (Lipinski definition) is 3. The van der Waals surface area contributed by atoms with Gasteiger partial charge in [0.25, 0.3) is 5.91 Å². The Balaban J connectivity index is 2.71. The van der Waals surface area contributed by atoms with Crippen LogP contribution in [0.15, 0.2) is 24.3 Å². The SMILES string of the molecule is CN(C)C(=O)CN(C)C(=O)c1ccc(C#CCCO)cc1. The maximum Gasteiger partial charge on any atom is 0.254 e. The second-order valence-corrected chi connectivity index (χ2v) is 4.80.